The maximum absolute atomic E-state index is 12.5. The highest BCUT2D eigenvalue weighted by Gasteiger charge is 2.16. The van der Waals surface area contributed by atoms with Crippen molar-refractivity contribution < 1.29 is 23.0 Å². The smallest absolute Gasteiger partial charge is 0.387 e. The first-order chi connectivity index (χ1) is 14.6. The molecule has 0 radical (unpaired) electrons. The van der Waals surface area contributed by atoms with Gasteiger partial charge in [-0.25, -0.2) is 4.68 Å². The molecule has 1 unspecified atom stereocenters. The van der Waals surface area contributed by atoms with Gasteiger partial charge in [0.2, 0.25) is 0 Å². The van der Waals surface area contributed by atoms with Crippen LogP contribution in [0.5, 0.6) is 5.75 Å². The summed E-state index contributed by atoms with van der Waals surface area (Å²) >= 11 is 0. The minimum atomic E-state index is -2.93. The van der Waals surface area contributed by atoms with Crippen LogP contribution in [0.2, 0.25) is 0 Å². The highest BCUT2D eigenvalue weighted by molar-refractivity contribution is 6.02. The van der Waals surface area contributed by atoms with E-state index in [1.54, 1.807) is 24.3 Å². The monoisotopic (exact) mass is 451 g/mol. The van der Waals surface area contributed by atoms with Gasteiger partial charge in [0.15, 0.2) is 5.69 Å². The molecule has 2 heterocycles. The second kappa shape index (κ2) is 10.3. The average Bonchev–Trinajstić information content (AvgIpc) is 3.25. The Morgan fingerprint density at radius 1 is 1.26 bits per heavy atom. The van der Waals surface area contributed by atoms with Crippen LogP contribution in [0.25, 0.3) is 5.69 Å². The van der Waals surface area contributed by atoms with Crippen LogP contribution in [0.15, 0.2) is 54.7 Å². The van der Waals surface area contributed by atoms with Crippen molar-refractivity contribution in [2.24, 2.45) is 0 Å². The van der Waals surface area contributed by atoms with Gasteiger partial charge in [-0.3, -0.25) is 4.79 Å². The zero-order valence-electron chi connectivity index (χ0n) is 16.2. The number of anilines is 1. The number of ether oxygens (including phenoxy) is 2. The number of carbonyl (C=O) groups is 1. The van der Waals surface area contributed by atoms with Gasteiger partial charge in [-0.2, -0.15) is 8.78 Å². The molecule has 1 saturated heterocycles. The molecule has 11 heteroatoms. The van der Waals surface area contributed by atoms with Gasteiger partial charge in [-0.15, -0.1) is 17.5 Å². The number of hydrogen-bond acceptors (Lipinski definition) is 6. The molecule has 2 aromatic carbocycles. The molecule has 2 N–H and O–H groups in total. The molecule has 31 heavy (non-hydrogen) atoms. The Balaban J connectivity index is 0.00000272. The molecule has 0 aliphatic carbocycles. The highest BCUT2D eigenvalue weighted by Crippen LogP contribution is 2.21. The van der Waals surface area contributed by atoms with E-state index in [1.165, 1.54) is 23.0 Å². The number of halogens is 3. The van der Waals surface area contributed by atoms with E-state index in [2.05, 4.69) is 25.7 Å². The van der Waals surface area contributed by atoms with Crippen LogP contribution in [0.1, 0.15) is 22.2 Å². The van der Waals surface area contributed by atoms with Gasteiger partial charge in [-0.1, -0.05) is 23.4 Å². The number of aromatic nitrogens is 3. The minimum absolute atomic E-state index is 0. The molecule has 0 saturated carbocycles. The molecule has 164 valence electrons. The van der Waals surface area contributed by atoms with E-state index >= 15 is 0 Å². The topological polar surface area (TPSA) is 90.3 Å². The Kier molecular flexibility index (Phi) is 7.50. The van der Waals surface area contributed by atoms with E-state index in [1.807, 2.05) is 12.1 Å². The van der Waals surface area contributed by atoms with Gasteiger partial charge in [-0.05, 0) is 29.8 Å². The lowest BCUT2D eigenvalue weighted by Gasteiger charge is -2.24. The Labute approximate surface area is 182 Å². The zero-order valence-corrected chi connectivity index (χ0v) is 17.0. The molecule has 0 bridgehead atoms. The lowest BCUT2D eigenvalue weighted by atomic mass is 10.1. The summed E-state index contributed by atoms with van der Waals surface area (Å²) in [6, 6.07) is 13.3. The van der Waals surface area contributed by atoms with Crippen LogP contribution in [-0.4, -0.2) is 47.2 Å². The maximum atomic E-state index is 12.5. The van der Waals surface area contributed by atoms with Crippen molar-refractivity contribution in [3.05, 3.63) is 66.0 Å². The van der Waals surface area contributed by atoms with Gasteiger partial charge in [0.25, 0.3) is 5.91 Å². The predicted molar refractivity (Wildman–Crippen MR) is 111 cm³/mol. The largest absolute Gasteiger partial charge is 0.435 e. The molecule has 8 nitrogen and oxygen atoms in total. The van der Waals surface area contributed by atoms with Crippen molar-refractivity contribution in [3.8, 4) is 11.4 Å². The molecule has 4 rings (SSSR count). The van der Waals surface area contributed by atoms with Gasteiger partial charge < -0.3 is 20.1 Å². The number of morpholine rings is 1. The van der Waals surface area contributed by atoms with Crippen molar-refractivity contribution in [1.29, 1.82) is 0 Å². The molecule has 0 spiro atoms. The minimum Gasteiger partial charge on any atom is -0.435 e. The van der Waals surface area contributed by atoms with Crippen molar-refractivity contribution in [3.63, 3.8) is 0 Å². The van der Waals surface area contributed by atoms with Crippen molar-refractivity contribution in [2.45, 2.75) is 12.7 Å². The highest BCUT2D eigenvalue weighted by atomic mass is 35.5. The average molecular weight is 452 g/mol. The molecule has 3 aromatic rings. The third-order valence-electron chi connectivity index (χ3n) is 4.50. The third-order valence-corrected chi connectivity index (χ3v) is 4.50. The van der Waals surface area contributed by atoms with Gasteiger partial charge >= 0.3 is 6.61 Å². The van der Waals surface area contributed by atoms with Gasteiger partial charge in [0.05, 0.1) is 24.6 Å². The fourth-order valence-electron chi connectivity index (χ4n) is 3.05. The molecule has 1 aliphatic rings. The SMILES string of the molecule is Cl.O=C(Nc1ccc(C2CNCCO2)cc1)c1cn(-c2cccc(OC(F)F)c2)nn1. The van der Waals surface area contributed by atoms with Crippen LogP contribution in [0.4, 0.5) is 14.5 Å². The molecular formula is C20H20ClF2N5O3. The number of amides is 1. The summed E-state index contributed by atoms with van der Waals surface area (Å²) < 4.78 is 36.2. The quantitative estimate of drug-likeness (QED) is 0.598. The first-order valence-corrected chi connectivity index (χ1v) is 9.30. The van der Waals surface area contributed by atoms with E-state index in [0.29, 0.717) is 18.0 Å². The van der Waals surface area contributed by atoms with E-state index in [-0.39, 0.29) is 30.0 Å². The molecule has 1 atom stereocenters. The first kappa shape index (κ1) is 22.6. The van der Waals surface area contributed by atoms with E-state index in [9.17, 15) is 13.6 Å². The van der Waals surface area contributed by atoms with Gasteiger partial charge in [0.1, 0.15) is 5.75 Å². The fourth-order valence-corrected chi connectivity index (χ4v) is 3.05. The van der Waals surface area contributed by atoms with Gasteiger partial charge in [0, 0.05) is 24.8 Å². The summed E-state index contributed by atoms with van der Waals surface area (Å²) in [5.74, 6) is -0.453. The van der Waals surface area contributed by atoms with Crippen LogP contribution < -0.4 is 15.4 Å². The summed E-state index contributed by atoms with van der Waals surface area (Å²) in [7, 11) is 0. The lowest BCUT2D eigenvalue weighted by Crippen LogP contribution is -2.33. The zero-order chi connectivity index (χ0) is 20.9. The summed E-state index contributed by atoms with van der Waals surface area (Å²) in [6.45, 7) is -0.673. The van der Waals surface area contributed by atoms with Crippen LogP contribution >= 0.6 is 12.4 Å². The summed E-state index contributed by atoms with van der Waals surface area (Å²) in [5, 5.41) is 13.8. The van der Waals surface area contributed by atoms with Crippen molar-refractivity contribution >= 4 is 24.0 Å². The predicted octanol–water partition coefficient (Wildman–Crippen LogP) is 3.20. The number of benzene rings is 2. The number of nitrogens with zero attached hydrogens (tertiary/aromatic N) is 3. The summed E-state index contributed by atoms with van der Waals surface area (Å²) in [5.41, 5.74) is 2.15. The first-order valence-electron chi connectivity index (χ1n) is 9.30. The van der Waals surface area contributed by atoms with E-state index in [0.717, 1.165) is 18.7 Å². The standard InChI is InChI=1S/C20H19F2N5O3.ClH/c21-20(22)30-16-3-1-2-15(10-16)27-12-17(25-26-27)19(28)24-14-6-4-13(5-7-14)18-11-23-8-9-29-18;/h1-7,10,12,18,20,23H,8-9,11H2,(H,24,28);1H. The fraction of sp³-hybridized carbons (Fsp3) is 0.250. The van der Waals surface area contributed by atoms with Crippen LogP contribution in [0.3, 0.4) is 0 Å². The molecule has 1 aliphatic heterocycles. The van der Waals surface area contributed by atoms with Crippen molar-refractivity contribution in [1.82, 2.24) is 20.3 Å². The maximum Gasteiger partial charge on any atom is 0.387 e. The Morgan fingerprint density at radius 2 is 2.06 bits per heavy atom. The molecule has 1 aromatic heterocycles. The number of nitrogens with one attached hydrogen (secondary N) is 2. The Morgan fingerprint density at radius 3 is 2.77 bits per heavy atom. The summed E-state index contributed by atoms with van der Waals surface area (Å²) in [4.78, 5) is 12.5. The normalized spacial score (nSPS) is 15.9. The molecular weight excluding hydrogens is 432 g/mol. The Hall–Kier alpha value is -3.08. The van der Waals surface area contributed by atoms with Crippen LogP contribution in [0, 0.1) is 0 Å². The molecule has 1 amide bonds. The number of hydrogen-bond donors (Lipinski definition) is 2. The third kappa shape index (κ3) is 5.75. The number of rotatable bonds is 6. The lowest BCUT2D eigenvalue weighted by molar-refractivity contribution is -0.0498. The second-order valence-electron chi connectivity index (χ2n) is 6.56. The van der Waals surface area contributed by atoms with Crippen molar-refractivity contribution in [2.75, 3.05) is 25.0 Å². The van der Waals surface area contributed by atoms with E-state index in [4.69, 9.17) is 4.74 Å². The van der Waals surface area contributed by atoms with E-state index < -0.39 is 12.5 Å². The summed E-state index contributed by atoms with van der Waals surface area (Å²) in [6.07, 6.45) is 1.40. The second-order valence-corrected chi connectivity index (χ2v) is 6.56. The molecule has 1 fully saturated rings. The van der Waals surface area contributed by atoms with Crippen LogP contribution in [-0.2, 0) is 4.74 Å². The Bertz CT molecular complexity index is 1010. The number of alkyl halides is 2. The number of carbonyl (C=O) groups excluding carboxylic acids is 1.